The van der Waals surface area contributed by atoms with E-state index < -0.39 is 27.0 Å². The van der Waals surface area contributed by atoms with Gasteiger partial charge in [0.25, 0.3) is 5.69 Å². The first-order chi connectivity index (χ1) is 10.0. The molecule has 0 bridgehead atoms. The lowest BCUT2D eigenvalue weighted by molar-refractivity contribution is -0.385. The summed E-state index contributed by atoms with van der Waals surface area (Å²) in [6.07, 6.45) is 0.124. The second-order valence-corrected chi connectivity index (χ2v) is 7.55. The van der Waals surface area contributed by atoms with Gasteiger partial charge in [0.05, 0.1) is 9.82 Å². The van der Waals surface area contributed by atoms with E-state index in [1.165, 1.54) is 0 Å². The highest BCUT2D eigenvalue weighted by Gasteiger charge is 2.28. The van der Waals surface area contributed by atoms with Crippen LogP contribution in [0.15, 0.2) is 27.6 Å². The zero-order valence-corrected chi connectivity index (χ0v) is 14.2. The minimum Gasteiger partial charge on any atom is -0.480 e. The van der Waals surface area contributed by atoms with Crippen LogP contribution in [0.5, 0.6) is 0 Å². The molecule has 0 saturated heterocycles. The Morgan fingerprint density at radius 1 is 1.45 bits per heavy atom. The van der Waals surface area contributed by atoms with Gasteiger partial charge in [-0.25, -0.2) is 8.42 Å². The molecule has 10 heteroatoms. The van der Waals surface area contributed by atoms with Crippen LogP contribution in [0.25, 0.3) is 0 Å². The van der Waals surface area contributed by atoms with E-state index in [1.54, 1.807) is 13.8 Å². The standard InChI is InChI=1S/C12H15BrN2O6S/c1-7(2)5-10(12(16)17)14-22(20,21)11-4-3-8(15(18)19)6-9(11)13/h3-4,6-7,10,14H,5H2,1-2H3,(H,16,17). The summed E-state index contributed by atoms with van der Waals surface area (Å²) in [5, 5.41) is 19.7. The quantitative estimate of drug-likeness (QED) is 0.538. The summed E-state index contributed by atoms with van der Waals surface area (Å²) in [5.41, 5.74) is -0.275. The zero-order chi connectivity index (χ0) is 17.1. The number of carbonyl (C=O) groups is 1. The molecule has 122 valence electrons. The minimum atomic E-state index is -4.12. The Morgan fingerprint density at radius 2 is 2.05 bits per heavy atom. The predicted molar refractivity (Wildman–Crippen MR) is 82.0 cm³/mol. The van der Waals surface area contributed by atoms with Crippen molar-refractivity contribution in [2.45, 2.75) is 31.2 Å². The van der Waals surface area contributed by atoms with Crippen molar-refractivity contribution >= 4 is 37.6 Å². The van der Waals surface area contributed by atoms with E-state index in [4.69, 9.17) is 5.11 Å². The van der Waals surface area contributed by atoms with Gasteiger partial charge in [0.2, 0.25) is 10.0 Å². The van der Waals surface area contributed by atoms with Crippen molar-refractivity contribution in [3.8, 4) is 0 Å². The van der Waals surface area contributed by atoms with E-state index in [0.717, 1.165) is 18.2 Å². The number of carboxylic acids is 1. The smallest absolute Gasteiger partial charge is 0.321 e. The molecule has 22 heavy (non-hydrogen) atoms. The van der Waals surface area contributed by atoms with Gasteiger partial charge in [-0.2, -0.15) is 4.72 Å². The fourth-order valence-corrected chi connectivity index (χ4v) is 4.01. The van der Waals surface area contributed by atoms with Crippen molar-refractivity contribution in [2.24, 2.45) is 5.92 Å². The van der Waals surface area contributed by atoms with E-state index in [2.05, 4.69) is 20.7 Å². The van der Waals surface area contributed by atoms with Crippen molar-refractivity contribution in [3.63, 3.8) is 0 Å². The first-order valence-electron chi connectivity index (χ1n) is 6.23. The Kier molecular flexibility index (Phi) is 6.03. The molecule has 0 saturated carbocycles. The molecule has 0 fully saturated rings. The van der Waals surface area contributed by atoms with Crippen molar-refractivity contribution in [3.05, 3.63) is 32.8 Å². The second-order valence-electron chi connectivity index (χ2n) is 5.01. The summed E-state index contributed by atoms with van der Waals surface area (Å²) in [7, 11) is -4.12. The molecule has 0 aromatic heterocycles. The summed E-state index contributed by atoms with van der Waals surface area (Å²) in [6.45, 7) is 3.54. The predicted octanol–water partition coefficient (Wildman–Crippen LogP) is 2.13. The topological polar surface area (TPSA) is 127 Å². The number of aliphatic carboxylic acids is 1. The number of benzene rings is 1. The number of nitrogens with zero attached hydrogens (tertiary/aromatic N) is 1. The summed E-state index contributed by atoms with van der Waals surface area (Å²) in [6, 6.07) is 1.87. The Labute approximate surface area is 135 Å². The van der Waals surface area contributed by atoms with Crippen molar-refractivity contribution in [1.82, 2.24) is 4.72 Å². The third-order valence-electron chi connectivity index (χ3n) is 2.72. The van der Waals surface area contributed by atoms with Gasteiger partial charge in [-0.15, -0.1) is 0 Å². The lowest BCUT2D eigenvalue weighted by Gasteiger charge is -2.17. The van der Waals surface area contributed by atoms with Crippen LogP contribution in [-0.2, 0) is 14.8 Å². The summed E-state index contributed by atoms with van der Waals surface area (Å²) in [4.78, 5) is 20.9. The average molecular weight is 395 g/mol. The maximum absolute atomic E-state index is 12.3. The summed E-state index contributed by atoms with van der Waals surface area (Å²) in [5.74, 6) is -1.31. The van der Waals surface area contributed by atoms with Gasteiger partial charge in [0, 0.05) is 16.6 Å². The second kappa shape index (κ2) is 7.16. The van der Waals surface area contributed by atoms with Gasteiger partial charge >= 0.3 is 5.97 Å². The van der Waals surface area contributed by atoms with Gasteiger partial charge < -0.3 is 5.11 Å². The molecular weight excluding hydrogens is 380 g/mol. The third-order valence-corrected chi connectivity index (χ3v) is 5.17. The van der Waals surface area contributed by atoms with Crippen LogP contribution in [0.1, 0.15) is 20.3 Å². The van der Waals surface area contributed by atoms with Gasteiger partial charge in [-0.3, -0.25) is 14.9 Å². The molecule has 1 rings (SSSR count). The highest BCUT2D eigenvalue weighted by atomic mass is 79.9. The van der Waals surface area contributed by atoms with Gasteiger partial charge in [0.1, 0.15) is 6.04 Å². The Morgan fingerprint density at radius 3 is 2.45 bits per heavy atom. The van der Waals surface area contributed by atoms with Crippen LogP contribution in [0.3, 0.4) is 0 Å². The van der Waals surface area contributed by atoms with Crippen LogP contribution < -0.4 is 4.72 Å². The van der Waals surface area contributed by atoms with Crippen molar-refractivity contribution < 1.29 is 23.2 Å². The molecule has 2 N–H and O–H groups in total. The van der Waals surface area contributed by atoms with Gasteiger partial charge in [0.15, 0.2) is 0 Å². The molecule has 0 spiro atoms. The van der Waals surface area contributed by atoms with E-state index in [1.807, 2.05) is 0 Å². The molecule has 0 heterocycles. The molecule has 0 radical (unpaired) electrons. The first-order valence-corrected chi connectivity index (χ1v) is 8.51. The van der Waals surface area contributed by atoms with E-state index in [9.17, 15) is 23.3 Å². The molecule has 1 atom stereocenters. The van der Waals surface area contributed by atoms with Crippen LogP contribution in [0, 0.1) is 16.0 Å². The molecule has 0 aliphatic rings. The van der Waals surface area contributed by atoms with Crippen molar-refractivity contribution in [1.29, 1.82) is 0 Å². The van der Waals surface area contributed by atoms with E-state index >= 15 is 0 Å². The lowest BCUT2D eigenvalue weighted by Crippen LogP contribution is -2.41. The van der Waals surface area contributed by atoms with Crippen LogP contribution in [-0.4, -0.2) is 30.5 Å². The van der Waals surface area contributed by atoms with Gasteiger partial charge in [-0.05, 0) is 34.3 Å². The number of hydrogen-bond donors (Lipinski definition) is 2. The number of hydrogen-bond acceptors (Lipinski definition) is 5. The molecule has 1 unspecified atom stereocenters. The van der Waals surface area contributed by atoms with Crippen LogP contribution in [0.2, 0.25) is 0 Å². The van der Waals surface area contributed by atoms with Crippen LogP contribution in [0.4, 0.5) is 5.69 Å². The molecule has 8 nitrogen and oxygen atoms in total. The normalized spacial score (nSPS) is 13.1. The number of nitro benzene ring substituents is 1. The number of non-ortho nitro benzene ring substituents is 1. The SMILES string of the molecule is CC(C)CC(NS(=O)(=O)c1ccc([N+](=O)[O-])cc1Br)C(=O)O. The summed E-state index contributed by atoms with van der Waals surface area (Å²) < 4.78 is 26.6. The number of nitro groups is 1. The Balaban J connectivity index is 3.13. The highest BCUT2D eigenvalue weighted by Crippen LogP contribution is 2.27. The van der Waals surface area contributed by atoms with E-state index in [0.29, 0.717) is 0 Å². The molecule has 0 aliphatic carbocycles. The molecule has 0 aliphatic heterocycles. The molecule has 1 aromatic carbocycles. The molecule has 1 aromatic rings. The molecular formula is C12H15BrN2O6S. The lowest BCUT2D eigenvalue weighted by atomic mass is 10.1. The number of carboxylic acid groups (broad SMARTS) is 1. The molecule has 0 amide bonds. The van der Waals surface area contributed by atoms with Crippen LogP contribution >= 0.6 is 15.9 Å². The highest BCUT2D eigenvalue weighted by molar-refractivity contribution is 9.10. The largest absolute Gasteiger partial charge is 0.480 e. The first kappa shape index (κ1) is 18.5. The Hall–Kier alpha value is -1.52. The Bertz CT molecular complexity index is 689. The number of nitrogens with one attached hydrogen (secondary N) is 1. The fraction of sp³-hybridized carbons (Fsp3) is 0.417. The zero-order valence-electron chi connectivity index (χ0n) is 11.8. The van der Waals surface area contributed by atoms with Gasteiger partial charge in [-0.1, -0.05) is 13.8 Å². The van der Waals surface area contributed by atoms with E-state index in [-0.39, 0.29) is 27.4 Å². The number of halogens is 1. The number of sulfonamides is 1. The minimum absolute atomic E-state index is 0.0112. The summed E-state index contributed by atoms with van der Waals surface area (Å²) >= 11 is 2.96. The fourth-order valence-electron chi connectivity index (χ4n) is 1.74. The monoisotopic (exact) mass is 394 g/mol. The maximum atomic E-state index is 12.3. The average Bonchev–Trinajstić information content (AvgIpc) is 2.36. The third kappa shape index (κ3) is 4.75. The van der Waals surface area contributed by atoms with Crippen molar-refractivity contribution in [2.75, 3.05) is 0 Å². The number of rotatable bonds is 7. The maximum Gasteiger partial charge on any atom is 0.321 e.